The average Bonchev–Trinajstić information content (AvgIpc) is 2.55. The molecule has 0 N–H and O–H groups in total. The smallest absolute Gasteiger partial charge is 0.268 e. The Labute approximate surface area is 130 Å². The molecule has 0 bridgehead atoms. The third kappa shape index (κ3) is 3.23. The Bertz CT molecular complexity index is 666. The summed E-state index contributed by atoms with van der Waals surface area (Å²) in [5.74, 6) is -0.313. The van der Waals surface area contributed by atoms with Gasteiger partial charge in [-0.1, -0.05) is 48.5 Å². The summed E-state index contributed by atoms with van der Waals surface area (Å²) < 4.78 is 0. The SMILES string of the molecule is CCN(C(=O)c1ccccc1C(=O)c1ccccc1)N(C)C. The van der Waals surface area contributed by atoms with Crippen molar-refractivity contribution in [1.82, 2.24) is 10.0 Å². The maximum absolute atomic E-state index is 12.7. The molecule has 0 spiro atoms. The van der Waals surface area contributed by atoms with Gasteiger partial charge >= 0.3 is 0 Å². The highest BCUT2D eigenvalue weighted by Crippen LogP contribution is 2.17. The second-order valence-corrected chi connectivity index (χ2v) is 5.11. The normalized spacial score (nSPS) is 10.5. The van der Waals surface area contributed by atoms with E-state index in [2.05, 4.69) is 0 Å². The second-order valence-electron chi connectivity index (χ2n) is 5.11. The summed E-state index contributed by atoms with van der Waals surface area (Å²) in [6.45, 7) is 2.44. The van der Waals surface area contributed by atoms with Crippen LogP contribution in [0.15, 0.2) is 54.6 Å². The molecule has 0 radical (unpaired) electrons. The second kappa shape index (κ2) is 7.00. The number of benzene rings is 2. The standard InChI is InChI=1S/C18H20N2O2/c1-4-20(19(2)3)18(22)16-13-9-8-12-15(16)17(21)14-10-6-5-7-11-14/h5-13H,4H2,1-3H3. The van der Waals surface area contributed by atoms with Crippen LogP contribution < -0.4 is 0 Å². The van der Waals surface area contributed by atoms with Crippen LogP contribution in [0.4, 0.5) is 0 Å². The highest BCUT2D eigenvalue weighted by atomic mass is 16.2. The predicted octanol–water partition coefficient (Wildman–Crippen LogP) is 2.86. The van der Waals surface area contributed by atoms with Gasteiger partial charge in [-0.2, -0.15) is 0 Å². The monoisotopic (exact) mass is 296 g/mol. The third-order valence-corrected chi connectivity index (χ3v) is 3.45. The van der Waals surface area contributed by atoms with Gasteiger partial charge in [0.15, 0.2) is 5.78 Å². The lowest BCUT2D eigenvalue weighted by molar-refractivity contribution is 0.0229. The molecule has 4 heteroatoms. The van der Waals surface area contributed by atoms with Gasteiger partial charge < -0.3 is 0 Å². The molecule has 0 saturated heterocycles. The number of rotatable bonds is 5. The summed E-state index contributed by atoms with van der Waals surface area (Å²) in [7, 11) is 3.62. The number of amides is 1. The van der Waals surface area contributed by atoms with Gasteiger partial charge in [0.2, 0.25) is 0 Å². The van der Waals surface area contributed by atoms with E-state index in [1.807, 2.05) is 39.2 Å². The van der Waals surface area contributed by atoms with Gasteiger partial charge in [-0.3, -0.25) is 14.6 Å². The quantitative estimate of drug-likeness (QED) is 0.629. The first kappa shape index (κ1) is 15.9. The zero-order valence-corrected chi connectivity index (χ0v) is 13.1. The average molecular weight is 296 g/mol. The molecule has 114 valence electrons. The van der Waals surface area contributed by atoms with Crippen LogP contribution in [0.2, 0.25) is 0 Å². The molecule has 0 heterocycles. The maximum atomic E-state index is 12.7. The van der Waals surface area contributed by atoms with Gasteiger partial charge in [0.1, 0.15) is 0 Å². The summed E-state index contributed by atoms with van der Waals surface area (Å²) in [5.41, 5.74) is 1.43. The molecule has 0 fully saturated rings. The van der Waals surface area contributed by atoms with E-state index in [0.717, 1.165) is 0 Å². The van der Waals surface area contributed by atoms with Crippen molar-refractivity contribution in [3.05, 3.63) is 71.3 Å². The van der Waals surface area contributed by atoms with Crippen molar-refractivity contribution in [2.75, 3.05) is 20.6 Å². The molecule has 0 atom stereocenters. The molecule has 1 amide bonds. The number of hydrogen-bond donors (Lipinski definition) is 0. The first-order chi connectivity index (χ1) is 10.6. The number of nitrogens with zero attached hydrogens (tertiary/aromatic N) is 2. The Morgan fingerprint density at radius 3 is 1.95 bits per heavy atom. The molecule has 4 nitrogen and oxygen atoms in total. The van der Waals surface area contributed by atoms with Crippen LogP contribution in [-0.4, -0.2) is 42.3 Å². The molecule has 2 aromatic rings. The zero-order valence-electron chi connectivity index (χ0n) is 13.1. The first-order valence-electron chi connectivity index (χ1n) is 7.24. The van der Waals surface area contributed by atoms with Crippen LogP contribution in [0.5, 0.6) is 0 Å². The lowest BCUT2D eigenvalue weighted by Crippen LogP contribution is -2.42. The lowest BCUT2D eigenvalue weighted by atomic mass is 9.98. The molecule has 2 aromatic carbocycles. The van der Waals surface area contributed by atoms with Gasteiger partial charge in [0, 0.05) is 31.8 Å². The highest BCUT2D eigenvalue weighted by Gasteiger charge is 2.22. The molecule has 0 aromatic heterocycles. The summed E-state index contributed by atoms with van der Waals surface area (Å²) in [5, 5.41) is 3.32. The number of hydrogen-bond acceptors (Lipinski definition) is 3. The van der Waals surface area contributed by atoms with Crippen molar-refractivity contribution < 1.29 is 9.59 Å². The number of hydrazine groups is 1. The minimum absolute atomic E-state index is 0.139. The molecule has 0 aliphatic rings. The van der Waals surface area contributed by atoms with Crippen LogP contribution in [-0.2, 0) is 0 Å². The van der Waals surface area contributed by atoms with Crippen LogP contribution in [0.1, 0.15) is 33.2 Å². The molecule has 0 saturated carbocycles. The predicted molar refractivity (Wildman–Crippen MR) is 86.7 cm³/mol. The minimum Gasteiger partial charge on any atom is -0.289 e. The van der Waals surface area contributed by atoms with E-state index in [0.29, 0.717) is 23.2 Å². The van der Waals surface area contributed by atoms with Gasteiger partial charge in [0.25, 0.3) is 5.91 Å². The van der Waals surface area contributed by atoms with Gasteiger partial charge in [-0.15, -0.1) is 0 Å². The van der Waals surface area contributed by atoms with Gasteiger partial charge in [-0.05, 0) is 13.0 Å². The molecule has 2 rings (SSSR count). The number of ketones is 1. The highest BCUT2D eigenvalue weighted by molar-refractivity contribution is 6.15. The lowest BCUT2D eigenvalue weighted by Gasteiger charge is -2.28. The van der Waals surface area contributed by atoms with Crippen LogP contribution >= 0.6 is 0 Å². The largest absolute Gasteiger partial charge is 0.289 e. The summed E-state index contributed by atoms with van der Waals surface area (Å²) >= 11 is 0. The number of carbonyl (C=O) groups excluding carboxylic acids is 2. The topological polar surface area (TPSA) is 40.6 Å². The summed E-state index contributed by atoms with van der Waals surface area (Å²) in [6.07, 6.45) is 0. The molecule has 0 unspecified atom stereocenters. The van der Waals surface area contributed by atoms with Crippen molar-refractivity contribution in [1.29, 1.82) is 0 Å². The summed E-state index contributed by atoms with van der Waals surface area (Å²) in [6, 6.07) is 16.0. The molecule has 22 heavy (non-hydrogen) atoms. The van der Waals surface area contributed by atoms with Crippen molar-refractivity contribution in [2.24, 2.45) is 0 Å². The first-order valence-corrected chi connectivity index (χ1v) is 7.24. The Morgan fingerprint density at radius 2 is 1.41 bits per heavy atom. The Morgan fingerprint density at radius 1 is 0.864 bits per heavy atom. The molecule has 0 aliphatic carbocycles. The fourth-order valence-corrected chi connectivity index (χ4v) is 2.36. The van der Waals surface area contributed by atoms with Crippen molar-refractivity contribution in [3.8, 4) is 0 Å². The number of carbonyl (C=O) groups is 2. The van der Waals surface area contributed by atoms with E-state index in [1.165, 1.54) is 0 Å². The van der Waals surface area contributed by atoms with Gasteiger partial charge in [0.05, 0.1) is 5.56 Å². The van der Waals surface area contributed by atoms with E-state index in [4.69, 9.17) is 0 Å². The molecular weight excluding hydrogens is 276 g/mol. The summed E-state index contributed by atoms with van der Waals surface area (Å²) in [4.78, 5) is 25.4. The van der Waals surface area contributed by atoms with E-state index < -0.39 is 0 Å². The van der Waals surface area contributed by atoms with Crippen LogP contribution in [0.3, 0.4) is 0 Å². The van der Waals surface area contributed by atoms with Crippen LogP contribution in [0.25, 0.3) is 0 Å². The fraction of sp³-hybridized carbons (Fsp3) is 0.222. The van der Waals surface area contributed by atoms with Crippen molar-refractivity contribution in [2.45, 2.75) is 6.92 Å². The Hall–Kier alpha value is -2.46. The third-order valence-electron chi connectivity index (χ3n) is 3.45. The molecular formula is C18H20N2O2. The van der Waals surface area contributed by atoms with Crippen molar-refractivity contribution >= 4 is 11.7 Å². The van der Waals surface area contributed by atoms with E-state index >= 15 is 0 Å². The Balaban J connectivity index is 2.43. The fourth-order valence-electron chi connectivity index (χ4n) is 2.36. The maximum Gasteiger partial charge on any atom is 0.268 e. The Kier molecular flexibility index (Phi) is 5.07. The van der Waals surface area contributed by atoms with E-state index in [9.17, 15) is 9.59 Å². The van der Waals surface area contributed by atoms with Gasteiger partial charge in [-0.25, -0.2) is 5.01 Å². The zero-order chi connectivity index (χ0) is 16.1. The minimum atomic E-state index is -0.174. The van der Waals surface area contributed by atoms with Crippen molar-refractivity contribution in [3.63, 3.8) is 0 Å². The molecule has 0 aliphatic heterocycles. The van der Waals surface area contributed by atoms with E-state index in [-0.39, 0.29) is 11.7 Å². The van der Waals surface area contributed by atoms with E-state index in [1.54, 1.807) is 46.4 Å². The van der Waals surface area contributed by atoms with Crippen LogP contribution in [0, 0.1) is 0 Å².